The molecule has 3 aromatic rings. The van der Waals surface area contributed by atoms with Crippen LogP contribution in [0.5, 0.6) is 0 Å². The summed E-state index contributed by atoms with van der Waals surface area (Å²) < 4.78 is 3.27. The molecule has 2 aromatic heterocycles. The van der Waals surface area contributed by atoms with Crippen LogP contribution < -0.4 is 10.4 Å². The molecule has 5 nitrogen and oxygen atoms in total. The number of thiazole rings is 1. The molecule has 1 amide bonds. The minimum Gasteiger partial charge on any atom is -0.319 e. The van der Waals surface area contributed by atoms with Crippen molar-refractivity contribution in [1.82, 2.24) is 9.13 Å². The van der Waals surface area contributed by atoms with Gasteiger partial charge in [-0.2, -0.15) is 4.99 Å². The molecule has 6 heteroatoms. The largest absolute Gasteiger partial charge is 0.319 e. The number of benzene rings is 1. The summed E-state index contributed by atoms with van der Waals surface area (Å²) in [6, 6.07) is 14.8. The fourth-order valence-electron chi connectivity index (χ4n) is 2.17. The lowest BCUT2D eigenvalue weighted by atomic mass is 10.2. The second-order valence-corrected chi connectivity index (χ2v) is 5.84. The van der Waals surface area contributed by atoms with Crippen molar-refractivity contribution in [3.8, 4) is 0 Å². The first-order valence-electron chi connectivity index (χ1n) is 7.13. The van der Waals surface area contributed by atoms with Crippen molar-refractivity contribution in [3.63, 3.8) is 0 Å². The van der Waals surface area contributed by atoms with Gasteiger partial charge in [-0.25, -0.2) is 0 Å². The van der Waals surface area contributed by atoms with E-state index in [1.165, 1.54) is 22.0 Å². The van der Waals surface area contributed by atoms with Gasteiger partial charge in [-0.15, -0.1) is 11.3 Å². The normalized spacial score (nSPS) is 11.6. The van der Waals surface area contributed by atoms with E-state index in [9.17, 15) is 9.59 Å². The molecule has 0 aliphatic rings. The van der Waals surface area contributed by atoms with Gasteiger partial charge in [-0.1, -0.05) is 36.4 Å². The maximum absolute atomic E-state index is 12.1. The molecule has 0 radical (unpaired) electrons. The monoisotopic (exact) mass is 325 g/mol. The number of aromatic nitrogens is 2. The van der Waals surface area contributed by atoms with Crippen LogP contribution in [0.15, 0.2) is 76.1 Å². The molecule has 0 saturated carbocycles. The molecular weight excluding hydrogens is 310 g/mol. The Hall–Kier alpha value is -2.73. The number of carbonyl (C=O) groups excluding carboxylic acids is 1. The molecule has 23 heavy (non-hydrogen) atoms. The van der Waals surface area contributed by atoms with Crippen LogP contribution in [0.25, 0.3) is 0 Å². The van der Waals surface area contributed by atoms with Crippen LogP contribution in [0.2, 0.25) is 0 Å². The predicted molar refractivity (Wildman–Crippen MR) is 89.1 cm³/mol. The highest BCUT2D eigenvalue weighted by Gasteiger charge is 2.04. The Morgan fingerprint density at radius 1 is 1.00 bits per heavy atom. The zero-order chi connectivity index (χ0) is 16.1. The zero-order valence-corrected chi connectivity index (χ0v) is 13.1. The van der Waals surface area contributed by atoms with Gasteiger partial charge in [0.25, 0.3) is 11.5 Å². The average Bonchev–Trinajstić information content (AvgIpc) is 2.97. The van der Waals surface area contributed by atoms with Gasteiger partial charge in [0.1, 0.15) is 6.54 Å². The molecule has 0 spiro atoms. The molecule has 2 heterocycles. The van der Waals surface area contributed by atoms with Crippen molar-refractivity contribution >= 4 is 17.2 Å². The maximum Gasteiger partial charge on any atom is 0.268 e. The number of amides is 1. The minimum absolute atomic E-state index is 0.0527. The Morgan fingerprint density at radius 2 is 1.78 bits per heavy atom. The van der Waals surface area contributed by atoms with E-state index in [-0.39, 0.29) is 18.0 Å². The lowest BCUT2D eigenvalue weighted by molar-refractivity contribution is -0.118. The van der Waals surface area contributed by atoms with Gasteiger partial charge in [0, 0.05) is 30.4 Å². The van der Waals surface area contributed by atoms with Gasteiger partial charge in [-0.05, 0) is 11.6 Å². The Morgan fingerprint density at radius 3 is 2.57 bits per heavy atom. The van der Waals surface area contributed by atoms with E-state index in [2.05, 4.69) is 4.99 Å². The molecule has 0 aliphatic heterocycles. The number of nitrogens with zero attached hydrogens (tertiary/aromatic N) is 3. The van der Waals surface area contributed by atoms with Gasteiger partial charge >= 0.3 is 0 Å². The topological polar surface area (TPSA) is 56.4 Å². The molecule has 0 atom stereocenters. The van der Waals surface area contributed by atoms with E-state index < -0.39 is 0 Å². The summed E-state index contributed by atoms with van der Waals surface area (Å²) in [5.74, 6) is -0.345. The summed E-state index contributed by atoms with van der Waals surface area (Å²) in [5.41, 5.74) is 0.929. The number of rotatable bonds is 4. The van der Waals surface area contributed by atoms with Gasteiger partial charge in [0.05, 0.1) is 0 Å². The third-order valence-electron chi connectivity index (χ3n) is 3.28. The molecule has 0 fully saturated rings. The summed E-state index contributed by atoms with van der Waals surface area (Å²) in [7, 11) is 0. The molecule has 0 unspecified atom stereocenters. The molecule has 1 aromatic carbocycles. The smallest absolute Gasteiger partial charge is 0.268 e. The lowest BCUT2D eigenvalue weighted by Crippen LogP contribution is -2.24. The number of carbonyl (C=O) groups is 1. The standard InChI is InChI=1S/C17H15N3O2S/c21-15(13-19-9-5-4-8-16(19)22)18-17-20(10-11-23-17)12-14-6-2-1-3-7-14/h1-11H,12-13H2. The fraction of sp³-hybridized carbons (Fsp3) is 0.118. The predicted octanol–water partition coefficient (Wildman–Crippen LogP) is 1.89. The summed E-state index contributed by atoms with van der Waals surface area (Å²) >= 11 is 1.40. The van der Waals surface area contributed by atoms with Gasteiger partial charge in [-0.3, -0.25) is 9.59 Å². The zero-order valence-electron chi connectivity index (χ0n) is 12.3. The van der Waals surface area contributed by atoms with Crippen LogP contribution in [0.4, 0.5) is 0 Å². The van der Waals surface area contributed by atoms with Crippen molar-refractivity contribution in [2.24, 2.45) is 4.99 Å². The van der Waals surface area contributed by atoms with E-state index in [4.69, 9.17) is 0 Å². The van der Waals surface area contributed by atoms with Gasteiger partial charge < -0.3 is 9.13 Å². The molecule has 0 N–H and O–H groups in total. The number of pyridine rings is 1. The molecular formula is C17H15N3O2S. The number of hydrogen-bond acceptors (Lipinski definition) is 3. The quantitative estimate of drug-likeness (QED) is 0.735. The molecule has 0 bridgehead atoms. The maximum atomic E-state index is 12.1. The Bertz CT molecular complexity index is 922. The first-order chi connectivity index (χ1) is 11.2. The van der Waals surface area contributed by atoms with Crippen LogP contribution in [0.3, 0.4) is 0 Å². The first-order valence-corrected chi connectivity index (χ1v) is 8.01. The third kappa shape index (κ3) is 3.92. The van der Waals surface area contributed by atoms with E-state index in [1.807, 2.05) is 46.5 Å². The van der Waals surface area contributed by atoms with Crippen molar-refractivity contribution < 1.29 is 4.79 Å². The molecule has 0 saturated heterocycles. The van der Waals surface area contributed by atoms with Crippen LogP contribution in [-0.2, 0) is 17.9 Å². The fourth-order valence-corrected chi connectivity index (χ4v) is 2.91. The highest BCUT2D eigenvalue weighted by molar-refractivity contribution is 7.07. The van der Waals surface area contributed by atoms with Crippen LogP contribution >= 0.6 is 11.3 Å². The van der Waals surface area contributed by atoms with E-state index in [0.717, 1.165) is 5.56 Å². The average molecular weight is 325 g/mol. The summed E-state index contributed by atoms with van der Waals surface area (Å²) in [6.07, 6.45) is 3.49. The van der Waals surface area contributed by atoms with Gasteiger partial charge in [0.15, 0.2) is 4.80 Å². The second kappa shape index (κ2) is 7.02. The molecule has 3 rings (SSSR count). The first kappa shape index (κ1) is 15.2. The summed E-state index contributed by atoms with van der Waals surface area (Å²) in [5, 5.41) is 1.89. The second-order valence-electron chi connectivity index (χ2n) is 4.97. The van der Waals surface area contributed by atoms with Crippen LogP contribution in [0.1, 0.15) is 5.56 Å². The van der Waals surface area contributed by atoms with Crippen LogP contribution in [-0.4, -0.2) is 15.0 Å². The van der Waals surface area contributed by atoms with E-state index in [0.29, 0.717) is 11.3 Å². The van der Waals surface area contributed by atoms with Crippen molar-refractivity contribution in [3.05, 3.63) is 87.0 Å². The van der Waals surface area contributed by atoms with Crippen molar-refractivity contribution in [2.45, 2.75) is 13.1 Å². The Balaban J connectivity index is 1.81. The third-order valence-corrected chi connectivity index (χ3v) is 4.08. The van der Waals surface area contributed by atoms with E-state index >= 15 is 0 Å². The molecule has 0 aliphatic carbocycles. The van der Waals surface area contributed by atoms with Crippen molar-refractivity contribution in [1.29, 1.82) is 0 Å². The summed E-state index contributed by atoms with van der Waals surface area (Å²) in [4.78, 5) is 28.5. The Kier molecular flexibility index (Phi) is 4.63. The van der Waals surface area contributed by atoms with E-state index in [1.54, 1.807) is 18.3 Å². The lowest BCUT2D eigenvalue weighted by Gasteiger charge is -2.03. The molecule has 116 valence electrons. The minimum atomic E-state index is -0.345. The van der Waals surface area contributed by atoms with Crippen molar-refractivity contribution in [2.75, 3.05) is 0 Å². The van der Waals surface area contributed by atoms with Crippen LogP contribution in [0, 0.1) is 0 Å². The number of hydrogen-bond donors (Lipinski definition) is 0. The Labute approximate surface area is 136 Å². The summed E-state index contributed by atoms with van der Waals surface area (Å²) in [6.45, 7) is 0.602. The highest BCUT2D eigenvalue weighted by atomic mass is 32.1. The SMILES string of the molecule is O=C(Cn1ccccc1=O)N=c1sccn1Cc1ccccc1. The van der Waals surface area contributed by atoms with Gasteiger partial charge in [0.2, 0.25) is 0 Å². The highest BCUT2D eigenvalue weighted by Crippen LogP contribution is 2.01.